The predicted molar refractivity (Wildman–Crippen MR) is 98.3 cm³/mol. The zero-order valence-corrected chi connectivity index (χ0v) is 14.9. The molecule has 1 aliphatic heterocycles. The van der Waals surface area contributed by atoms with Crippen LogP contribution < -0.4 is 9.64 Å². The van der Waals surface area contributed by atoms with Crippen LogP contribution in [-0.2, 0) is 6.54 Å². The standard InChI is InChI=1S/C19H22FN3O3/c1-14-3-6-19(26-2)15(11-14)13-21-7-9-22(10-8-21)17-5-4-16(20)12-18(17)23(24)25/h3-6,11-12H,7-10,13H2,1-2H3. The number of methoxy groups -OCH3 is 1. The molecule has 1 saturated heterocycles. The Morgan fingerprint density at radius 1 is 1.15 bits per heavy atom. The average molecular weight is 359 g/mol. The van der Waals surface area contributed by atoms with E-state index < -0.39 is 10.7 Å². The summed E-state index contributed by atoms with van der Waals surface area (Å²) in [6.07, 6.45) is 0. The molecule has 0 amide bonds. The Bertz CT molecular complexity index is 805. The zero-order chi connectivity index (χ0) is 18.7. The van der Waals surface area contributed by atoms with Crippen LogP contribution in [0.1, 0.15) is 11.1 Å². The molecule has 26 heavy (non-hydrogen) atoms. The van der Waals surface area contributed by atoms with Gasteiger partial charge in [-0.05, 0) is 25.1 Å². The van der Waals surface area contributed by atoms with Gasteiger partial charge in [-0.15, -0.1) is 0 Å². The van der Waals surface area contributed by atoms with Crippen LogP contribution in [0.4, 0.5) is 15.8 Å². The van der Waals surface area contributed by atoms with Crippen molar-refractivity contribution in [3.05, 3.63) is 63.5 Å². The molecular formula is C19H22FN3O3. The van der Waals surface area contributed by atoms with Crippen molar-refractivity contribution in [3.8, 4) is 5.75 Å². The second kappa shape index (κ2) is 7.70. The van der Waals surface area contributed by atoms with Crippen molar-refractivity contribution < 1.29 is 14.1 Å². The number of halogens is 1. The summed E-state index contributed by atoms with van der Waals surface area (Å²) in [6, 6.07) is 9.87. The number of ether oxygens (including phenoxy) is 1. The highest BCUT2D eigenvalue weighted by molar-refractivity contribution is 5.63. The van der Waals surface area contributed by atoms with E-state index in [9.17, 15) is 14.5 Å². The van der Waals surface area contributed by atoms with E-state index in [2.05, 4.69) is 17.9 Å². The first-order chi connectivity index (χ1) is 12.5. The number of hydrogen-bond acceptors (Lipinski definition) is 5. The van der Waals surface area contributed by atoms with Crippen LogP contribution in [0, 0.1) is 22.9 Å². The number of nitro benzene ring substituents is 1. The van der Waals surface area contributed by atoms with Gasteiger partial charge in [0.15, 0.2) is 0 Å². The second-order valence-electron chi connectivity index (χ2n) is 6.47. The van der Waals surface area contributed by atoms with Crippen LogP contribution in [0.2, 0.25) is 0 Å². The highest BCUT2D eigenvalue weighted by Crippen LogP contribution is 2.30. The molecule has 1 fully saturated rings. The second-order valence-corrected chi connectivity index (χ2v) is 6.47. The number of aryl methyl sites for hydroxylation is 1. The Morgan fingerprint density at radius 3 is 2.54 bits per heavy atom. The number of anilines is 1. The number of hydrogen-bond donors (Lipinski definition) is 0. The third kappa shape index (κ3) is 3.94. The van der Waals surface area contributed by atoms with Gasteiger partial charge in [0.05, 0.1) is 18.1 Å². The van der Waals surface area contributed by atoms with Gasteiger partial charge in [-0.3, -0.25) is 15.0 Å². The van der Waals surface area contributed by atoms with Crippen LogP contribution >= 0.6 is 0 Å². The van der Waals surface area contributed by atoms with Gasteiger partial charge in [0.2, 0.25) is 0 Å². The van der Waals surface area contributed by atoms with Gasteiger partial charge < -0.3 is 9.64 Å². The van der Waals surface area contributed by atoms with E-state index >= 15 is 0 Å². The van der Waals surface area contributed by atoms with Gasteiger partial charge >= 0.3 is 0 Å². The van der Waals surface area contributed by atoms with Crippen LogP contribution in [0.3, 0.4) is 0 Å². The minimum Gasteiger partial charge on any atom is -0.496 e. The lowest BCUT2D eigenvalue weighted by Crippen LogP contribution is -2.46. The maximum Gasteiger partial charge on any atom is 0.295 e. The van der Waals surface area contributed by atoms with Crippen LogP contribution in [0.5, 0.6) is 5.75 Å². The van der Waals surface area contributed by atoms with E-state index in [-0.39, 0.29) is 5.69 Å². The molecule has 0 saturated carbocycles. The Labute approximate surface area is 151 Å². The molecule has 0 N–H and O–H groups in total. The zero-order valence-electron chi connectivity index (χ0n) is 14.9. The van der Waals surface area contributed by atoms with E-state index in [1.165, 1.54) is 17.7 Å². The van der Waals surface area contributed by atoms with E-state index in [0.29, 0.717) is 18.8 Å². The molecule has 7 heteroatoms. The lowest BCUT2D eigenvalue weighted by atomic mass is 10.1. The lowest BCUT2D eigenvalue weighted by molar-refractivity contribution is -0.384. The highest BCUT2D eigenvalue weighted by atomic mass is 19.1. The number of nitrogens with zero attached hydrogens (tertiary/aromatic N) is 3. The molecule has 1 aliphatic rings. The van der Waals surface area contributed by atoms with Gasteiger partial charge in [-0.2, -0.15) is 0 Å². The van der Waals surface area contributed by atoms with Gasteiger partial charge in [-0.1, -0.05) is 17.7 Å². The van der Waals surface area contributed by atoms with E-state index in [1.54, 1.807) is 7.11 Å². The summed E-state index contributed by atoms with van der Waals surface area (Å²) in [7, 11) is 1.67. The number of benzene rings is 2. The summed E-state index contributed by atoms with van der Waals surface area (Å²) in [4.78, 5) is 14.9. The van der Waals surface area contributed by atoms with Crippen LogP contribution in [-0.4, -0.2) is 43.1 Å². The van der Waals surface area contributed by atoms with E-state index in [4.69, 9.17) is 4.74 Å². The normalized spacial score (nSPS) is 15.1. The summed E-state index contributed by atoms with van der Waals surface area (Å²) < 4.78 is 18.8. The summed E-state index contributed by atoms with van der Waals surface area (Å²) in [6.45, 7) is 5.66. The lowest BCUT2D eigenvalue weighted by Gasteiger charge is -2.36. The van der Waals surface area contributed by atoms with Crippen molar-refractivity contribution in [2.45, 2.75) is 13.5 Å². The minimum absolute atomic E-state index is 0.182. The minimum atomic E-state index is -0.592. The Morgan fingerprint density at radius 2 is 1.88 bits per heavy atom. The van der Waals surface area contributed by atoms with Crippen molar-refractivity contribution in [3.63, 3.8) is 0 Å². The topological polar surface area (TPSA) is 58.8 Å². The monoisotopic (exact) mass is 359 g/mol. The van der Waals surface area contributed by atoms with Crippen LogP contribution in [0.25, 0.3) is 0 Å². The van der Waals surface area contributed by atoms with Crippen molar-refractivity contribution in [2.75, 3.05) is 38.2 Å². The maximum absolute atomic E-state index is 13.3. The molecule has 2 aromatic carbocycles. The van der Waals surface area contributed by atoms with E-state index in [0.717, 1.165) is 37.0 Å². The summed E-state index contributed by atoms with van der Waals surface area (Å²) in [5, 5.41) is 11.2. The van der Waals surface area contributed by atoms with E-state index in [1.807, 2.05) is 17.0 Å². The Balaban J connectivity index is 1.69. The SMILES string of the molecule is COc1ccc(C)cc1CN1CCN(c2ccc(F)cc2[N+](=O)[O-])CC1. The maximum atomic E-state index is 13.3. The largest absolute Gasteiger partial charge is 0.496 e. The third-order valence-electron chi connectivity index (χ3n) is 4.68. The molecule has 0 unspecified atom stereocenters. The summed E-state index contributed by atoms with van der Waals surface area (Å²) in [5.41, 5.74) is 2.61. The van der Waals surface area contributed by atoms with Crippen molar-refractivity contribution >= 4 is 11.4 Å². The predicted octanol–water partition coefficient (Wildman–Crippen LogP) is 3.37. The average Bonchev–Trinajstić information content (AvgIpc) is 2.62. The first kappa shape index (κ1) is 18.1. The summed E-state index contributed by atoms with van der Waals surface area (Å²) in [5.74, 6) is 0.276. The molecule has 0 aromatic heterocycles. The fraction of sp³-hybridized carbons (Fsp3) is 0.368. The number of piperazine rings is 1. The molecule has 6 nitrogen and oxygen atoms in total. The summed E-state index contributed by atoms with van der Waals surface area (Å²) >= 11 is 0. The smallest absolute Gasteiger partial charge is 0.295 e. The molecule has 138 valence electrons. The van der Waals surface area contributed by atoms with Crippen molar-refractivity contribution in [1.29, 1.82) is 0 Å². The molecule has 3 rings (SSSR count). The molecule has 0 bridgehead atoms. The fourth-order valence-corrected chi connectivity index (χ4v) is 3.33. The van der Waals surface area contributed by atoms with Crippen molar-refractivity contribution in [1.82, 2.24) is 4.90 Å². The molecule has 0 spiro atoms. The number of nitro groups is 1. The highest BCUT2D eigenvalue weighted by Gasteiger charge is 2.24. The Hall–Kier alpha value is -2.67. The van der Waals surface area contributed by atoms with Gasteiger partial charge in [0.25, 0.3) is 5.69 Å². The van der Waals surface area contributed by atoms with Gasteiger partial charge in [0.1, 0.15) is 17.3 Å². The first-order valence-corrected chi connectivity index (χ1v) is 8.52. The quantitative estimate of drug-likeness (QED) is 0.605. The molecule has 0 aliphatic carbocycles. The molecule has 2 aromatic rings. The van der Waals surface area contributed by atoms with Crippen LogP contribution in [0.15, 0.2) is 36.4 Å². The Kier molecular flexibility index (Phi) is 5.37. The van der Waals surface area contributed by atoms with Gasteiger partial charge in [0, 0.05) is 38.3 Å². The number of rotatable bonds is 5. The molecular weight excluding hydrogens is 337 g/mol. The fourth-order valence-electron chi connectivity index (χ4n) is 3.33. The van der Waals surface area contributed by atoms with Gasteiger partial charge in [-0.25, -0.2) is 4.39 Å². The third-order valence-corrected chi connectivity index (χ3v) is 4.68. The van der Waals surface area contributed by atoms with Crippen molar-refractivity contribution in [2.24, 2.45) is 0 Å². The molecule has 1 heterocycles. The molecule has 0 atom stereocenters. The molecule has 0 radical (unpaired) electrons. The first-order valence-electron chi connectivity index (χ1n) is 8.52.